The summed E-state index contributed by atoms with van der Waals surface area (Å²) in [7, 11) is 0. The van der Waals surface area contributed by atoms with E-state index < -0.39 is 11.6 Å². The van der Waals surface area contributed by atoms with Crippen molar-refractivity contribution in [1.82, 2.24) is 0 Å². The van der Waals surface area contributed by atoms with E-state index in [9.17, 15) is 8.78 Å². The van der Waals surface area contributed by atoms with Gasteiger partial charge in [0.25, 0.3) is 0 Å². The lowest BCUT2D eigenvalue weighted by molar-refractivity contribution is 0.172. The van der Waals surface area contributed by atoms with Gasteiger partial charge in [0, 0.05) is 0 Å². The molecular formula is C22H34F2O2. The second kappa shape index (κ2) is 11.4. The summed E-state index contributed by atoms with van der Waals surface area (Å²) in [5, 5.41) is 0. The van der Waals surface area contributed by atoms with Crippen molar-refractivity contribution in [2.75, 3.05) is 13.2 Å². The molecule has 0 atom stereocenters. The largest absolute Gasteiger partial charge is 0.490 e. The molecule has 0 heterocycles. The smallest absolute Gasteiger partial charge is 0.204 e. The third-order valence-corrected chi connectivity index (χ3v) is 5.42. The molecule has 0 N–H and O–H groups in total. The van der Waals surface area contributed by atoms with E-state index >= 15 is 0 Å². The highest BCUT2D eigenvalue weighted by atomic mass is 19.2. The number of hydrogen-bond donors (Lipinski definition) is 0. The molecule has 1 fully saturated rings. The standard InChI is InChI=1S/C22H34F2O2/c1-3-5-7-8-17-9-11-18(12-10-17)16-26-20-14-13-19(21(23)22(20)24)25-15-6-4-2/h13-14,17-18H,3-12,15-16H2,1-2H3. The summed E-state index contributed by atoms with van der Waals surface area (Å²) in [6.45, 7) is 5.12. The van der Waals surface area contributed by atoms with Gasteiger partial charge in [0.15, 0.2) is 11.5 Å². The van der Waals surface area contributed by atoms with Crippen LogP contribution < -0.4 is 9.47 Å². The molecule has 0 aromatic heterocycles. The molecule has 1 aliphatic rings. The van der Waals surface area contributed by atoms with E-state index in [0.29, 0.717) is 19.1 Å². The number of hydrogen-bond acceptors (Lipinski definition) is 2. The molecule has 2 rings (SSSR count). The second-order valence-electron chi connectivity index (χ2n) is 7.59. The lowest BCUT2D eigenvalue weighted by atomic mass is 9.80. The highest BCUT2D eigenvalue weighted by molar-refractivity contribution is 5.35. The summed E-state index contributed by atoms with van der Waals surface area (Å²) >= 11 is 0. The van der Waals surface area contributed by atoms with Crippen LogP contribution in [0.3, 0.4) is 0 Å². The minimum atomic E-state index is -0.946. The third kappa shape index (κ3) is 6.44. The molecule has 4 heteroatoms. The zero-order valence-corrected chi connectivity index (χ0v) is 16.4. The SMILES string of the molecule is CCCCCC1CCC(COc2ccc(OCCCC)c(F)c2F)CC1. The summed E-state index contributed by atoms with van der Waals surface area (Å²) < 4.78 is 39.1. The van der Waals surface area contributed by atoms with Crippen molar-refractivity contribution in [3.8, 4) is 11.5 Å². The van der Waals surface area contributed by atoms with Crippen molar-refractivity contribution in [3.05, 3.63) is 23.8 Å². The first-order valence-electron chi connectivity index (χ1n) is 10.4. The van der Waals surface area contributed by atoms with Gasteiger partial charge in [-0.1, -0.05) is 58.8 Å². The first-order valence-corrected chi connectivity index (χ1v) is 10.4. The van der Waals surface area contributed by atoms with Crippen LogP contribution in [0, 0.1) is 23.5 Å². The lowest BCUT2D eigenvalue weighted by Gasteiger charge is -2.28. The lowest BCUT2D eigenvalue weighted by Crippen LogP contribution is -2.20. The van der Waals surface area contributed by atoms with Gasteiger partial charge in [0.05, 0.1) is 13.2 Å². The Morgan fingerprint density at radius 1 is 0.808 bits per heavy atom. The van der Waals surface area contributed by atoms with Crippen molar-refractivity contribution >= 4 is 0 Å². The molecule has 2 nitrogen and oxygen atoms in total. The summed E-state index contributed by atoms with van der Waals surface area (Å²) in [4.78, 5) is 0. The normalized spacial score (nSPS) is 20.2. The van der Waals surface area contributed by atoms with Gasteiger partial charge in [0.2, 0.25) is 11.6 Å². The number of benzene rings is 1. The molecule has 0 unspecified atom stereocenters. The quantitative estimate of drug-likeness (QED) is 0.395. The van der Waals surface area contributed by atoms with E-state index in [-0.39, 0.29) is 11.5 Å². The molecule has 0 saturated heterocycles. The minimum absolute atomic E-state index is 0.00425. The minimum Gasteiger partial charge on any atom is -0.490 e. The summed E-state index contributed by atoms with van der Waals surface area (Å²) in [6, 6.07) is 2.95. The monoisotopic (exact) mass is 368 g/mol. The zero-order chi connectivity index (χ0) is 18.8. The summed E-state index contributed by atoms with van der Waals surface area (Å²) in [5.41, 5.74) is 0. The average molecular weight is 369 g/mol. The number of halogens is 2. The van der Waals surface area contributed by atoms with Gasteiger partial charge >= 0.3 is 0 Å². The van der Waals surface area contributed by atoms with Gasteiger partial charge in [-0.05, 0) is 43.2 Å². The fourth-order valence-corrected chi connectivity index (χ4v) is 3.64. The maximum Gasteiger partial charge on any atom is 0.204 e. The van der Waals surface area contributed by atoms with Gasteiger partial charge in [-0.2, -0.15) is 8.78 Å². The maximum absolute atomic E-state index is 14.2. The van der Waals surface area contributed by atoms with Gasteiger partial charge < -0.3 is 9.47 Å². The van der Waals surface area contributed by atoms with Crippen molar-refractivity contribution in [3.63, 3.8) is 0 Å². The Morgan fingerprint density at radius 3 is 2.00 bits per heavy atom. The van der Waals surface area contributed by atoms with Crippen molar-refractivity contribution < 1.29 is 18.3 Å². The second-order valence-corrected chi connectivity index (χ2v) is 7.59. The molecule has 1 aliphatic carbocycles. The molecule has 148 valence electrons. The van der Waals surface area contributed by atoms with Crippen LogP contribution in [0.1, 0.15) is 78.1 Å². The first-order chi connectivity index (χ1) is 12.7. The van der Waals surface area contributed by atoms with E-state index in [1.807, 2.05) is 6.92 Å². The van der Waals surface area contributed by atoms with Crippen LogP contribution in [0.2, 0.25) is 0 Å². The maximum atomic E-state index is 14.2. The van der Waals surface area contributed by atoms with Crippen LogP contribution in [0.4, 0.5) is 8.78 Å². The molecule has 0 radical (unpaired) electrons. The summed E-state index contributed by atoms with van der Waals surface area (Å²) in [6.07, 6.45) is 11.8. The van der Waals surface area contributed by atoms with E-state index in [1.54, 1.807) is 0 Å². The number of unbranched alkanes of at least 4 members (excludes halogenated alkanes) is 3. The number of rotatable bonds is 11. The molecule has 1 saturated carbocycles. The van der Waals surface area contributed by atoms with E-state index in [4.69, 9.17) is 9.47 Å². The molecule has 26 heavy (non-hydrogen) atoms. The Hall–Kier alpha value is -1.32. The third-order valence-electron chi connectivity index (χ3n) is 5.42. The average Bonchev–Trinajstić information content (AvgIpc) is 2.66. The van der Waals surface area contributed by atoms with Crippen molar-refractivity contribution in [2.24, 2.45) is 11.8 Å². The molecular weight excluding hydrogens is 334 g/mol. The Morgan fingerprint density at radius 2 is 1.38 bits per heavy atom. The topological polar surface area (TPSA) is 18.5 Å². The van der Waals surface area contributed by atoms with Crippen LogP contribution in [0.15, 0.2) is 12.1 Å². The fraction of sp³-hybridized carbons (Fsp3) is 0.727. The predicted octanol–water partition coefficient (Wildman–Crippen LogP) is 6.91. The molecule has 0 aliphatic heterocycles. The van der Waals surface area contributed by atoms with Crippen LogP contribution in [0.25, 0.3) is 0 Å². The zero-order valence-electron chi connectivity index (χ0n) is 16.4. The Labute approximate surface area is 157 Å². The van der Waals surface area contributed by atoms with Gasteiger partial charge in [-0.25, -0.2) is 0 Å². The Balaban J connectivity index is 1.76. The van der Waals surface area contributed by atoms with E-state index in [2.05, 4.69) is 6.92 Å². The van der Waals surface area contributed by atoms with Crippen LogP contribution >= 0.6 is 0 Å². The first kappa shape index (κ1) is 21.0. The van der Waals surface area contributed by atoms with E-state index in [0.717, 1.165) is 31.6 Å². The van der Waals surface area contributed by atoms with E-state index in [1.165, 1.54) is 50.7 Å². The van der Waals surface area contributed by atoms with Gasteiger partial charge in [-0.3, -0.25) is 0 Å². The highest BCUT2D eigenvalue weighted by Crippen LogP contribution is 2.33. The molecule has 0 bridgehead atoms. The highest BCUT2D eigenvalue weighted by Gasteiger charge is 2.22. The van der Waals surface area contributed by atoms with Crippen molar-refractivity contribution in [2.45, 2.75) is 78.1 Å². The fourth-order valence-electron chi connectivity index (χ4n) is 3.64. The van der Waals surface area contributed by atoms with Crippen molar-refractivity contribution in [1.29, 1.82) is 0 Å². The Bertz CT molecular complexity index is 525. The van der Waals surface area contributed by atoms with Crippen LogP contribution in [-0.2, 0) is 0 Å². The van der Waals surface area contributed by atoms with Crippen LogP contribution in [0.5, 0.6) is 11.5 Å². The molecule has 1 aromatic carbocycles. The summed E-state index contributed by atoms with van der Waals surface area (Å²) in [5.74, 6) is -0.635. The molecule has 1 aromatic rings. The number of ether oxygens (including phenoxy) is 2. The molecule has 0 spiro atoms. The van der Waals surface area contributed by atoms with Gasteiger partial charge in [0.1, 0.15) is 0 Å². The van der Waals surface area contributed by atoms with Gasteiger partial charge in [-0.15, -0.1) is 0 Å². The Kier molecular flexibility index (Phi) is 9.21. The molecule has 0 amide bonds. The van der Waals surface area contributed by atoms with Crippen LogP contribution in [-0.4, -0.2) is 13.2 Å². The predicted molar refractivity (Wildman–Crippen MR) is 102 cm³/mol.